The van der Waals surface area contributed by atoms with E-state index in [1.807, 2.05) is 6.07 Å². The summed E-state index contributed by atoms with van der Waals surface area (Å²) in [5.74, 6) is -0.169. The van der Waals surface area contributed by atoms with Gasteiger partial charge in [0.25, 0.3) is 0 Å². The van der Waals surface area contributed by atoms with Gasteiger partial charge < -0.3 is 15.0 Å². The zero-order chi connectivity index (χ0) is 15.2. The van der Waals surface area contributed by atoms with Crippen LogP contribution in [-0.4, -0.2) is 43.2 Å². The maximum absolute atomic E-state index is 11.2. The third-order valence-corrected chi connectivity index (χ3v) is 5.17. The lowest BCUT2D eigenvalue weighted by molar-refractivity contribution is -0.139. The van der Waals surface area contributed by atoms with Gasteiger partial charge in [-0.1, -0.05) is 0 Å². The lowest BCUT2D eigenvalue weighted by Gasteiger charge is -2.34. The van der Waals surface area contributed by atoms with Gasteiger partial charge >= 0.3 is 5.97 Å². The quantitative estimate of drug-likeness (QED) is 0.820. The largest absolute Gasteiger partial charge is 0.469 e. The van der Waals surface area contributed by atoms with Gasteiger partial charge in [0.15, 0.2) is 0 Å². The fourth-order valence-electron chi connectivity index (χ4n) is 2.69. The number of rotatable bonds is 6. The van der Waals surface area contributed by atoms with Gasteiger partial charge in [0.05, 0.1) is 13.5 Å². The molecule has 1 aromatic rings. The number of esters is 1. The molecular formula is C16H26N2O2S. The molecule has 0 aliphatic carbocycles. The first-order chi connectivity index (χ1) is 10.1. The summed E-state index contributed by atoms with van der Waals surface area (Å²) in [5, 5.41) is 3.65. The molecule has 4 nitrogen and oxygen atoms in total. The van der Waals surface area contributed by atoms with E-state index in [1.54, 1.807) is 11.3 Å². The highest BCUT2D eigenvalue weighted by atomic mass is 32.1. The van der Waals surface area contributed by atoms with Gasteiger partial charge in [0.1, 0.15) is 0 Å². The second-order valence-electron chi connectivity index (χ2n) is 5.91. The van der Waals surface area contributed by atoms with E-state index in [9.17, 15) is 4.79 Å². The molecule has 0 bridgehead atoms. The Bertz CT molecular complexity index is 451. The van der Waals surface area contributed by atoms with Crippen LogP contribution in [0.25, 0.3) is 0 Å². The molecule has 0 saturated carbocycles. The van der Waals surface area contributed by atoms with Crippen molar-refractivity contribution in [3.63, 3.8) is 0 Å². The van der Waals surface area contributed by atoms with Gasteiger partial charge in [-0.25, -0.2) is 0 Å². The molecule has 1 fully saturated rings. The number of thiophene rings is 1. The number of piperidine rings is 1. The van der Waals surface area contributed by atoms with Crippen LogP contribution < -0.4 is 5.32 Å². The smallest absolute Gasteiger partial charge is 0.310 e. The topological polar surface area (TPSA) is 41.6 Å². The predicted molar refractivity (Wildman–Crippen MR) is 86.6 cm³/mol. The van der Waals surface area contributed by atoms with Crippen LogP contribution in [0, 0.1) is 0 Å². The molecule has 1 saturated heterocycles. The molecule has 1 aliphatic heterocycles. The van der Waals surface area contributed by atoms with Crippen LogP contribution >= 0.6 is 11.3 Å². The second kappa shape index (κ2) is 7.92. The number of likely N-dealkylation sites (tertiary alicyclic amines) is 1. The molecule has 1 aliphatic rings. The number of methoxy groups -OCH3 is 1. The molecule has 1 aromatic heterocycles. The van der Waals surface area contributed by atoms with E-state index in [0.29, 0.717) is 18.5 Å². The Balaban J connectivity index is 1.73. The minimum Gasteiger partial charge on any atom is -0.469 e. The molecule has 21 heavy (non-hydrogen) atoms. The highest BCUT2D eigenvalue weighted by molar-refractivity contribution is 7.12. The van der Waals surface area contributed by atoms with Gasteiger partial charge in [0, 0.05) is 28.4 Å². The Kier molecular flexibility index (Phi) is 6.21. The summed E-state index contributed by atoms with van der Waals surface area (Å²) >= 11 is 1.70. The standard InChI is InChI=1S/C16H26N2O2S/c1-12(2)18-8-6-13(7-9-18)17-11-15-5-4-14(21-15)10-16(19)20-3/h4-5,12-13,17H,6-11H2,1-3H3. The van der Waals surface area contributed by atoms with Crippen LogP contribution in [0.15, 0.2) is 12.1 Å². The summed E-state index contributed by atoms with van der Waals surface area (Å²) in [5.41, 5.74) is 0. The van der Waals surface area contributed by atoms with E-state index in [1.165, 1.54) is 37.9 Å². The van der Waals surface area contributed by atoms with Crippen LogP contribution in [0.1, 0.15) is 36.4 Å². The van der Waals surface area contributed by atoms with Crippen molar-refractivity contribution in [3.05, 3.63) is 21.9 Å². The van der Waals surface area contributed by atoms with E-state index in [2.05, 4.69) is 30.1 Å². The van der Waals surface area contributed by atoms with Crippen molar-refractivity contribution in [3.8, 4) is 0 Å². The fraction of sp³-hybridized carbons (Fsp3) is 0.688. The molecule has 0 unspecified atom stereocenters. The molecule has 0 radical (unpaired) electrons. The Morgan fingerprint density at radius 3 is 2.67 bits per heavy atom. The molecule has 0 atom stereocenters. The molecule has 0 amide bonds. The van der Waals surface area contributed by atoms with Crippen molar-refractivity contribution < 1.29 is 9.53 Å². The zero-order valence-electron chi connectivity index (χ0n) is 13.2. The third kappa shape index (κ3) is 5.09. The third-order valence-electron chi connectivity index (χ3n) is 4.09. The highest BCUT2D eigenvalue weighted by Gasteiger charge is 2.20. The first kappa shape index (κ1) is 16.5. The van der Waals surface area contributed by atoms with E-state index < -0.39 is 0 Å². The number of nitrogens with zero attached hydrogens (tertiary/aromatic N) is 1. The van der Waals surface area contributed by atoms with Crippen LogP contribution in [-0.2, 0) is 22.5 Å². The average Bonchev–Trinajstić information content (AvgIpc) is 2.93. The SMILES string of the molecule is COC(=O)Cc1ccc(CNC2CCN(C(C)C)CC2)s1. The Morgan fingerprint density at radius 1 is 1.38 bits per heavy atom. The summed E-state index contributed by atoms with van der Waals surface area (Å²) < 4.78 is 4.70. The maximum atomic E-state index is 11.2. The van der Waals surface area contributed by atoms with E-state index in [0.717, 1.165) is 11.4 Å². The number of nitrogens with one attached hydrogen (secondary N) is 1. The van der Waals surface area contributed by atoms with Gasteiger partial charge in [-0.15, -0.1) is 11.3 Å². The summed E-state index contributed by atoms with van der Waals surface area (Å²) in [6.45, 7) is 7.81. The van der Waals surface area contributed by atoms with Crippen LogP contribution in [0.2, 0.25) is 0 Å². The summed E-state index contributed by atoms with van der Waals surface area (Å²) in [4.78, 5) is 16.2. The van der Waals surface area contributed by atoms with Crippen molar-refractivity contribution >= 4 is 17.3 Å². The van der Waals surface area contributed by atoms with Crippen molar-refractivity contribution in [2.24, 2.45) is 0 Å². The van der Waals surface area contributed by atoms with Crippen molar-refractivity contribution in [1.82, 2.24) is 10.2 Å². The molecule has 2 heterocycles. The Labute approximate surface area is 131 Å². The number of hydrogen-bond donors (Lipinski definition) is 1. The predicted octanol–water partition coefficient (Wildman–Crippen LogP) is 2.43. The monoisotopic (exact) mass is 310 g/mol. The summed E-state index contributed by atoms with van der Waals surface area (Å²) in [6, 6.07) is 5.41. The molecule has 2 rings (SSSR count). The normalized spacial score (nSPS) is 17.3. The zero-order valence-corrected chi connectivity index (χ0v) is 14.0. The minimum atomic E-state index is -0.169. The number of carbonyl (C=O) groups is 1. The van der Waals surface area contributed by atoms with Crippen LogP contribution in [0.3, 0.4) is 0 Å². The summed E-state index contributed by atoms with van der Waals surface area (Å²) in [7, 11) is 1.43. The second-order valence-corrected chi connectivity index (χ2v) is 7.16. The Hall–Kier alpha value is -0.910. The molecule has 118 valence electrons. The molecular weight excluding hydrogens is 284 g/mol. The molecule has 0 aromatic carbocycles. The van der Waals surface area contributed by atoms with Gasteiger partial charge in [-0.05, 0) is 51.9 Å². The van der Waals surface area contributed by atoms with E-state index >= 15 is 0 Å². The van der Waals surface area contributed by atoms with Crippen LogP contribution in [0.4, 0.5) is 0 Å². The Morgan fingerprint density at radius 2 is 2.05 bits per heavy atom. The highest BCUT2D eigenvalue weighted by Crippen LogP contribution is 2.19. The number of hydrogen-bond acceptors (Lipinski definition) is 5. The van der Waals surface area contributed by atoms with Crippen molar-refractivity contribution in [2.75, 3.05) is 20.2 Å². The van der Waals surface area contributed by atoms with Gasteiger partial charge in [-0.3, -0.25) is 4.79 Å². The van der Waals surface area contributed by atoms with Crippen LogP contribution in [0.5, 0.6) is 0 Å². The van der Waals surface area contributed by atoms with Crippen molar-refractivity contribution in [1.29, 1.82) is 0 Å². The lowest BCUT2D eigenvalue weighted by atomic mass is 10.0. The van der Waals surface area contributed by atoms with Gasteiger partial charge in [0.2, 0.25) is 0 Å². The van der Waals surface area contributed by atoms with Gasteiger partial charge in [-0.2, -0.15) is 0 Å². The number of ether oxygens (including phenoxy) is 1. The number of carbonyl (C=O) groups excluding carboxylic acids is 1. The summed E-state index contributed by atoms with van der Waals surface area (Å²) in [6.07, 6.45) is 2.82. The molecule has 0 spiro atoms. The minimum absolute atomic E-state index is 0.169. The first-order valence-corrected chi connectivity index (χ1v) is 8.52. The van der Waals surface area contributed by atoms with Crippen molar-refractivity contribution in [2.45, 2.75) is 51.7 Å². The van der Waals surface area contributed by atoms with E-state index in [4.69, 9.17) is 4.74 Å². The van der Waals surface area contributed by atoms with E-state index in [-0.39, 0.29) is 5.97 Å². The first-order valence-electron chi connectivity index (χ1n) is 7.70. The fourth-order valence-corrected chi connectivity index (χ4v) is 3.65. The molecule has 5 heteroatoms. The lowest BCUT2D eigenvalue weighted by Crippen LogP contribution is -2.44. The average molecular weight is 310 g/mol. The molecule has 1 N–H and O–H groups in total. The maximum Gasteiger partial charge on any atom is 0.310 e.